The molecular formula is C18H16FN3O3. The lowest BCUT2D eigenvalue weighted by Crippen LogP contribution is -2.39. The molecule has 0 fully saturated rings. The molecule has 0 aliphatic rings. The number of hydrogen-bond acceptors (Lipinski definition) is 3. The number of benzene rings is 2. The van der Waals surface area contributed by atoms with E-state index in [-0.39, 0.29) is 25.4 Å². The molecule has 0 bridgehead atoms. The van der Waals surface area contributed by atoms with Crippen LogP contribution in [0.15, 0.2) is 58.1 Å². The Labute approximate surface area is 141 Å². The Morgan fingerprint density at radius 3 is 2.72 bits per heavy atom. The summed E-state index contributed by atoms with van der Waals surface area (Å²) in [5.74, 6) is -0.681. The normalized spacial score (nSPS) is 10.8. The minimum atomic E-state index is -0.704. The molecule has 0 saturated carbocycles. The van der Waals surface area contributed by atoms with E-state index >= 15 is 0 Å². The Balaban J connectivity index is 1.69. The van der Waals surface area contributed by atoms with Crippen molar-refractivity contribution >= 4 is 16.9 Å². The number of H-pyrrole nitrogens is 1. The van der Waals surface area contributed by atoms with Crippen molar-refractivity contribution in [2.45, 2.75) is 13.0 Å². The second-order valence-corrected chi connectivity index (χ2v) is 5.58. The summed E-state index contributed by atoms with van der Waals surface area (Å²) in [6, 6.07) is 12.8. The van der Waals surface area contributed by atoms with E-state index in [9.17, 15) is 18.8 Å². The van der Waals surface area contributed by atoms with Crippen LogP contribution < -0.4 is 16.4 Å². The van der Waals surface area contributed by atoms with Gasteiger partial charge in [-0.05, 0) is 29.8 Å². The first-order chi connectivity index (χ1) is 12.0. The van der Waals surface area contributed by atoms with E-state index in [4.69, 9.17) is 0 Å². The second-order valence-electron chi connectivity index (χ2n) is 5.58. The molecule has 1 aromatic heterocycles. The monoisotopic (exact) mass is 341 g/mol. The van der Waals surface area contributed by atoms with Gasteiger partial charge in [0, 0.05) is 13.1 Å². The smallest absolute Gasteiger partial charge is 0.316 e. The molecule has 6 nitrogen and oxygen atoms in total. The van der Waals surface area contributed by atoms with Crippen molar-refractivity contribution in [1.29, 1.82) is 0 Å². The molecule has 128 valence electrons. The van der Waals surface area contributed by atoms with Crippen LogP contribution in [0, 0.1) is 5.82 Å². The summed E-state index contributed by atoms with van der Waals surface area (Å²) < 4.78 is 14.4. The number of aromatic nitrogens is 2. The van der Waals surface area contributed by atoms with Gasteiger partial charge in [0.05, 0.1) is 17.5 Å². The van der Waals surface area contributed by atoms with E-state index in [0.717, 1.165) is 0 Å². The zero-order chi connectivity index (χ0) is 17.8. The van der Waals surface area contributed by atoms with Gasteiger partial charge >= 0.3 is 11.1 Å². The predicted octanol–water partition coefficient (Wildman–Crippen LogP) is 1.19. The van der Waals surface area contributed by atoms with E-state index in [2.05, 4.69) is 10.3 Å². The number of carbonyl (C=O) groups is 1. The summed E-state index contributed by atoms with van der Waals surface area (Å²) in [7, 11) is 0. The molecule has 0 aliphatic carbocycles. The van der Waals surface area contributed by atoms with Crippen LogP contribution in [-0.4, -0.2) is 22.0 Å². The lowest BCUT2D eigenvalue weighted by molar-refractivity contribution is -0.120. The molecule has 0 saturated heterocycles. The number of aromatic amines is 1. The Hall–Kier alpha value is -3.22. The van der Waals surface area contributed by atoms with Crippen LogP contribution in [-0.2, 0) is 17.8 Å². The summed E-state index contributed by atoms with van der Waals surface area (Å²) in [5, 5.41) is 2.68. The van der Waals surface area contributed by atoms with Gasteiger partial charge in [0.15, 0.2) is 0 Å². The van der Waals surface area contributed by atoms with Gasteiger partial charge in [-0.1, -0.05) is 24.3 Å². The SMILES string of the molecule is O=C(Cc1cccc(F)c1)NCCn1c(=O)c(=O)[nH]c2ccccc21. The van der Waals surface area contributed by atoms with Crippen molar-refractivity contribution < 1.29 is 9.18 Å². The summed E-state index contributed by atoms with van der Waals surface area (Å²) in [6.45, 7) is 0.347. The highest BCUT2D eigenvalue weighted by molar-refractivity contribution is 5.78. The maximum absolute atomic E-state index is 13.1. The van der Waals surface area contributed by atoms with Gasteiger partial charge in [-0.15, -0.1) is 0 Å². The van der Waals surface area contributed by atoms with Crippen LogP contribution in [0.5, 0.6) is 0 Å². The van der Waals surface area contributed by atoms with E-state index in [1.807, 2.05) is 0 Å². The molecule has 1 heterocycles. The van der Waals surface area contributed by atoms with Gasteiger partial charge in [-0.3, -0.25) is 14.4 Å². The first-order valence-corrected chi connectivity index (χ1v) is 7.77. The van der Waals surface area contributed by atoms with Gasteiger partial charge in [0.2, 0.25) is 5.91 Å². The zero-order valence-corrected chi connectivity index (χ0v) is 13.3. The molecule has 0 spiro atoms. The van der Waals surface area contributed by atoms with Crippen molar-refractivity contribution in [2.75, 3.05) is 6.54 Å². The topological polar surface area (TPSA) is 84.0 Å². The third kappa shape index (κ3) is 3.82. The molecule has 0 radical (unpaired) electrons. The summed E-state index contributed by atoms with van der Waals surface area (Å²) in [5.41, 5.74) is 0.337. The highest BCUT2D eigenvalue weighted by Gasteiger charge is 2.08. The van der Waals surface area contributed by atoms with Crippen molar-refractivity contribution in [3.05, 3.63) is 80.6 Å². The maximum Gasteiger partial charge on any atom is 0.316 e. The first-order valence-electron chi connectivity index (χ1n) is 7.77. The van der Waals surface area contributed by atoms with Crippen molar-refractivity contribution in [2.24, 2.45) is 0 Å². The Bertz CT molecular complexity index is 1040. The quantitative estimate of drug-likeness (QED) is 0.684. The first kappa shape index (κ1) is 16.6. The standard InChI is InChI=1S/C18H16FN3O3/c19-13-5-3-4-12(10-13)11-16(23)20-8-9-22-15-7-2-1-6-14(15)21-17(24)18(22)25/h1-7,10H,8-9,11H2,(H,20,23)(H,21,24). The summed E-state index contributed by atoms with van der Waals surface area (Å²) >= 11 is 0. The molecule has 2 N–H and O–H groups in total. The summed E-state index contributed by atoms with van der Waals surface area (Å²) in [6.07, 6.45) is 0.0444. The van der Waals surface area contributed by atoms with Gasteiger partial charge in [0.25, 0.3) is 0 Å². The molecule has 0 aliphatic heterocycles. The van der Waals surface area contributed by atoms with Crippen molar-refractivity contribution in [3.63, 3.8) is 0 Å². The number of para-hydroxylation sites is 2. The maximum atomic E-state index is 13.1. The average Bonchev–Trinajstić information content (AvgIpc) is 2.58. The fourth-order valence-electron chi connectivity index (χ4n) is 2.65. The lowest BCUT2D eigenvalue weighted by atomic mass is 10.1. The Morgan fingerprint density at radius 2 is 1.92 bits per heavy atom. The minimum Gasteiger partial charge on any atom is -0.354 e. The lowest BCUT2D eigenvalue weighted by Gasteiger charge is -2.10. The summed E-state index contributed by atoms with van der Waals surface area (Å²) in [4.78, 5) is 38.2. The molecule has 2 aromatic carbocycles. The van der Waals surface area contributed by atoms with E-state index in [0.29, 0.717) is 16.6 Å². The number of halogens is 1. The molecule has 0 atom stereocenters. The predicted molar refractivity (Wildman–Crippen MR) is 91.9 cm³/mol. The van der Waals surface area contributed by atoms with Gasteiger partial charge in [-0.2, -0.15) is 0 Å². The molecule has 7 heteroatoms. The third-order valence-electron chi connectivity index (χ3n) is 3.79. The van der Waals surface area contributed by atoms with Crippen LogP contribution in [0.2, 0.25) is 0 Å². The average molecular weight is 341 g/mol. The van der Waals surface area contributed by atoms with E-state index in [1.54, 1.807) is 36.4 Å². The fourth-order valence-corrected chi connectivity index (χ4v) is 2.65. The van der Waals surface area contributed by atoms with Crippen molar-refractivity contribution in [1.82, 2.24) is 14.9 Å². The van der Waals surface area contributed by atoms with Crippen LogP contribution in [0.25, 0.3) is 11.0 Å². The van der Waals surface area contributed by atoms with Gasteiger partial charge in [0.1, 0.15) is 5.82 Å². The van der Waals surface area contributed by atoms with Crippen LogP contribution in [0.4, 0.5) is 4.39 Å². The number of amides is 1. The number of nitrogens with zero attached hydrogens (tertiary/aromatic N) is 1. The highest BCUT2D eigenvalue weighted by Crippen LogP contribution is 2.07. The number of hydrogen-bond donors (Lipinski definition) is 2. The second kappa shape index (κ2) is 7.12. The van der Waals surface area contributed by atoms with Crippen LogP contribution in [0.3, 0.4) is 0 Å². The fraction of sp³-hybridized carbons (Fsp3) is 0.167. The van der Waals surface area contributed by atoms with Crippen LogP contribution >= 0.6 is 0 Å². The molecule has 1 amide bonds. The highest BCUT2D eigenvalue weighted by atomic mass is 19.1. The van der Waals surface area contributed by atoms with Crippen molar-refractivity contribution in [3.8, 4) is 0 Å². The Morgan fingerprint density at radius 1 is 1.12 bits per heavy atom. The molecule has 25 heavy (non-hydrogen) atoms. The number of nitrogens with one attached hydrogen (secondary N) is 2. The van der Waals surface area contributed by atoms with Crippen LogP contribution in [0.1, 0.15) is 5.56 Å². The molecule has 0 unspecified atom stereocenters. The van der Waals surface area contributed by atoms with E-state index in [1.165, 1.54) is 16.7 Å². The Kier molecular flexibility index (Phi) is 4.74. The number of fused-ring (bicyclic) bond motifs is 1. The minimum absolute atomic E-state index is 0.0444. The third-order valence-corrected chi connectivity index (χ3v) is 3.79. The molecular weight excluding hydrogens is 325 g/mol. The largest absolute Gasteiger partial charge is 0.354 e. The zero-order valence-electron chi connectivity index (χ0n) is 13.3. The number of carbonyl (C=O) groups excluding carboxylic acids is 1. The molecule has 3 aromatic rings. The van der Waals surface area contributed by atoms with Gasteiger partial charge in [-0.25, -0.2) is 4.39 Å². The van der Waals surface area contributed by atoms with Gasteiger partial charge < -0.3 is 14.9 Å². The van der Waals surface area contributed by atoms with E-state index < -0.39 is 16.9 Å². The molecule has 3 rings (SSSR count). The number of rotatable bonds is 5.